The molecule has 2 unspecified atom stereocenters. The zero-order chi connectivity index (χ0) is 17.4. The van der Waals surface area contributed by atoms with Gasteiger partial charge in [-0.25, -0.2) is 14.3 Å². The van der Waals surface area contributed by atoms with Crippen LogP contribution in [-0.2, 0) is 20.3 Å². The Morgan fingerprint density at radius 2 is 1.79 bits per heavy atom. The summed E-state index contributed by atoms with van der Waals surface area (Å²) in [5, 5.41) is 7.48. The van der Waals surface area contributed by atoms with Crippen molar-refractivity contribution in [3.05, 3.63) is 11.4 Å². The van der Waals surface area contributed by atoms with Gasteiger partial charge in [0.05, 0.1) is 30.8 Å². The molecule has 1 aromatic rings. The maximum Gasteiger partial charge on any atom is 0.361 e. The van der Waals surface area contributed by atoms with E-state index in [4.69, 9.17) is 16.3 Å². The SMILES string of the molecule is COC(=O)c1nnn([C@@H]2CC[C@@H]3[C@H](Cl)CCC2S3=O)c1C(=O)OC. The Kier molecular flexibility index (Phi) is 4.91. The van der Waals surface area contributed by atoms with Crippen molar-refractivity contribution in [1.82, 2.24) is 15.0 Å². The average Bonchev–Trinajstić information content (AvgIpc) is 3.01. The third-order valence-electron chi connectivity index (χ3n) is 4.67. The zero-order valence-electron chi connectivity index (χ0n) is 13.3. The molecule has 3 heterocycles. The summed E-state index contributed by atoms with van der Waals surface area (Å²) in [4.78, 5) is 24.0. The molecule has 24 heavy (non-hydrogen) atoms. The van der Waals surface area contributed by atoms with Crippen LogP contribution in [0.1, 0.15) is 52.7 Å². The summed E-state index contributed by atoms with van der Waals surface area (Å²) in [6.45, 7) is 0. The zero-order valence-corrected chi connectivity index (χ0v) is 14.9. The topological polar surface area (TPSA) is 100 Å². The van der Waals surface area contributed by atoms with Gasteiger partial charge < -0.3 is 9.47 Å². The van der Waals surface area contributed by atoms with Crippen LogP contribution in [0.25, 0.3) is 0 Å². The Morgan fingerprint density at radius 3 is 2.46 bits per heavy atom. The molecule has 2 fully saturated rings. The van der Waals surface area contributed by atoms with E-state index in [9.17, 15) is 13.8 Å². The smallest absolute Gasteiger partial charge is 0.361 e. The summed E-state index contributed by atoms with van der Waals surface area (Å²) < 4.78 is 23.5. The van der Waals surface area contributed by atoms with Gasteiger partial charge in [-0.3, -0.25) is 4.21 Å². The molecule has 5 atom stereocenters. The van der Waals surface area contributed by atoms with E-state index >= 15 is 0 Å². The van der Waals surface area contributed by atoms with E-state index in [1.54, 1.807) is 0 Å². The molecular formula is C14H18ClN3O5S. The second-order valence-corrected chi connectivity index (χ2v) is 8.29. The van der Waals surface area contributed by atoms with Crippen LogP contribution >= 0.6 is 11.6 Å². The van der Waals surface area contributed by atoms with E-state index in [0.717, 1.165) is 6.42 Å². The first-order valence-corrected chi connectivity index (χ1v) is 9.36. The van der Waals surface area contributed by atoms with Gasteiger partial charge in [0.25, 0.3) is 0 Å². The Balaban J connectivity index is 2.00. The van der Waals surface area contributed by atoms with Crippen molar-refractivity contribution >= 4 is 34.3 Å². The lowest BCUT2D eigenvalue weighted by atomic mass is 9.94. The first-order valence-electron chi connectivity index (χ1n) is 7.64. The van der Waals surface area contributed by atoms with E-state index in [0.29, 0.717) is 19.3 Å². The van der Waals surface area contributed by atoms with Gasteiger partial charge in [0.15, 0.2) is 5.69 Å². The summed E-state index contributed by atoms with van der Waals surface area (Å²) in [5.74, 6) is -1.49. The van der Waals surface area contributed by atoms with Gasteiger partial charge in [-0.1, -0.05) is 5.21 Å². The standard InChI is InChI=1S/C14H18ClN3O5S/c1-22-13(19)11-12(14(20)23-2)18(17-16-11)8-4-6-9-7(15)3-5-10(8)24(9)21/h7-10H,3-6H2,1-2H3/t7-,8-,9-,10?,24?/m1/s1. The van der Waals surface area contributed by atoms with Crippen molar-refractivity contribution in [2.24, 2.45) is 0 Å². The molecule has 2 aliphatic heterocycles. The monoisotopic (exact) mass is 375 g/mol. The first kappa shape index (κ1) is 17.3. The summed E-state index contributed by atoms with van der Waals surface area (Å²) in [6.07, 6.45) is 2.79. The van der Waals surface area contributed by atoms with E-state index in [-0.39, 0.29) is 33.3 Å². The average molecular weight is 376 g/mol. The van der Waals surface area contributed by atoms with Crippen LogP contribution in [0.3, 0.4) is 0 Å². The Morgan fingerprint density at radius 1 is 1.12 bits per heavy atom. The van der Waals surface area contributed by atoms with Crippen LogP contribution < -0.4 is 0 Å². The van der Waals surface area contributed by atoms with E-state index in [2.05, 4.69) is 15.0 Å². The highest BCUT2D eigenvalue weighted by atomic mass is 35.5. The molecule has 3 rings (SSSR count). The second kappa shape index (κ2) is 6.79. The van der Waals surface area contributed by atoms with Crippen molar-refractivity contribution in [2.75, 3.05) is 14.2 Å². The maximum absolute atomic E-state index is 12.7. The minimum atomic E-state index is -1.11. The molecular weight excluding hydrogens is 358 g/mol. The number of esters is 2. The van der Waals surface area contributed by atoms with E-state index in [1.165, 1.54) is 18.9 Å². The highest BCUT2D eigenvalue weighted by Gasteiger charge is 2.46. The van der Waals surface area contributed by atoms with Crippen molar-refractivity contribution < 1.29 is 23.3 Å². The van der Waals surface area contributed by atoms with Crippen LogP contribution in [0.15, 0.2) is 0 Å². The number of carbonyl (C=O) groups excluding carboxylic acids is 2. The number of hydrogen-bond donors (Lipinski definition) is 0. The summed E-state index contributed by atoms with van der Waals surface area (Å²) in [5.41, 5.74) is -0.249. The van der Waals surface area contributed by atoms with Crippen LogP contribution in [0.2, 0.25) is 0 Å². The highest BCUT2D eigenvalue weighted by molar-refractivity contribution is 7.86. The summed E-state index contributed by atoms with van der Waals surface area (Å²) >= 11 is 6.28. The van der Waals surface area contributed by atoms with Gasteiger partial charge in [-0.15, -0.1) is 16.7 Å². The molecule has 2 bridgehead atoms. The fraction of sp³-hybridized carbons (Fsp3) is 0.714. The minimum absolute atomic E-state index is 0.0353. The molecule has 0 aliphatic carbocycles. The molecule has 0 radical (unpaired) electrons. The van der Waals surface area contributed by atoms with Gasteiger partial charge in [-0.2, -0.15) is 0 Å². The number of halogens is 1. The number of ether oxygens (including phenoxy) is 2. The normalized spacial score (nSPS) is 32.2. The van der Waals surface area contributed by atoms with Crippen LogP contribution in [0, 0.1) is 0 Å². The number of alkyl halides is 1. The molecule has 0 spiro atoms. The van der Waals surface area contributed by atoms with Gasteiger partial charge in [0.1, 0.15) is 0 Å². The van der Waals surface area contributed by atoms with Crippen LogP contribution in [0.4, 0.5) is 0 Å². The molecule has 2 aliphatic rings. The number of methoxy groups -OCH3 is 2. The van der Waals surface area contributed by atoms with Gasteiger partial charge in [0.2, 0.25) is 5.69 Å². The number of carbonyl (C=O) groups is 2. The molecule has 0 saturated carbocycles. The molecule has 0 amide bonds. The van der Waals surface area contributed by atoms with E-state index < -0.39 is 22.7 Å². The predicted octanol–water partition coefficient (Wildman–Crippen LogP) is 1.07. The Labute approximate surface area is 146 Å². The lowest BCUT2D eigenvalue weighted by Gasteiger charge is -2.41. The quantitative estimate of drug-likeness (QED) is 0.575. The maximum atomic E-state index is 12.7. The molecule has 10 heteroatoms. The number of hydrogen-bond acceptors (Lipinski definition) is 7. The lowest BCUT2D eigenvalue weighted by Crippen LogP contribution is -2.47. The first-order chi connectivity index (χ1) is 11.5. The lowest BCUT2D eigenvalue weighted by molar-refractivity contribution is 0.0540. The molecule has 8 nitrogen and oxygen atoms in total. The minimum Gasteiger partial charge on any atom is -0.464 e. The van der Waals surface area contributed by atoms with Crippen LogP contribution in [0.5, 0.6) is 0 Å². The number of aromatic nitrogens is 3. The fourth-order valence-electron chi connectivity index (χ4n) is 3.49. The molecule has 0 N–H and O–H groups in total. The van der Waals surface area contributed by atoms with Gasteiger partial charge in [0, 0.05) is 16.2 Å². The van der Waals surface area contributed by atoms with Crippen molar-refractivity contribution in [3.8, 4) is 0 Å². The fourth-order valence-corrected chi connectivity index (χ4v) is 6.22. The number of fused-ring (bicyclic) bond motifs is 2. The molecule has 132 valence electrons. The Bertz CT molecular complexity index is 694. The van der Waals surface area contributed by atoms with Crippen molar-refractivity contribution in [3.63, 3.8) is 0 Å². The van der Waals surface area contributed by atoms with E-state index in [1.807, 2.05) is 0 Å². The van der Waals surface area contributed by atoms with Crippen molar-refractivity contribution in [2.45, 2.75) is 47.6 Å². The third kappa shape index (κ3) is 2.73. The second-order valence-electron chi connectivity index (χ2n) is 5.86. The largest absolute Gasteiger partial charge is 0.464 e. The Hall–Kier alpha value is -1.48. The number of nitrogens with zero attached hydrogens (tertiary/aromatic N) is 3. The van der Waals surface area contributed by atoms with Crippen molar-refractivity contribution in [1.29, 1.82) is 0 Å². The van der Waals surface area contributed by atoms with Gasteiger partial charge >= 0.3 is 11.9 Å². The van der Waals surface area contributed by atoms with Crippen LogP contribution in [-0.4, -0.2) is 61.2 Å². The van der Waals surface area contributed by atoms with Gasteiger partial charge in [-0.05, 0) is 25.7 Å². The number of rotatable bonds is 3. The summed E-state index contributed by atoms with van der Waals surface area (Å²) in [6, 6.07) is -0.286. The third-order valence-corrected chi connectivity index (χ3v) is 7.65. The molecule has 2 saturated heterocycles. The molecule has 1 aromatic heterocycles. The summed E-state index contributed by atoms with van der Waals surface area (Å²) in [7, 11) is 1.30. The highest BCUT2D eigenvalue weighted by Crippen LogP contribution is 2.42. The molecule has 0 aromatic carbocycles. The predicted molar refractivity (Wildman–Crippen MR) is 85.6 cm³/mol.